The third kappa shape index (κ3) is 4.94. The molecule has 2 aromatic rings. The van der Waals surface area contributed by atoms with Crippen molar-refractivity contribution in [2.45, 2.75) is 31.0 Å². The Labute approximate surface area is 165 Å². The molecule has 0 amide bonds. The fraction of sp³-hybridized carbons (Fsp3) is 0.300. The van der Waals surface area contributed by atoms with Crippen molar-refractivity contribution in [1.29, 1.82) is 0 Å². The predicted molar refractivity (Wildman–Crippen MR) is 101 cm³/mol. The molecule has 27 heavy (non-hydrogen) atoms. The van der Waals surface area contributed by atoms with Gasteiger partial charge in [0.25, 0.3) is 0 Å². The van der Waals surface area contributed by atoms with Gasteiger partial charge in [-0.15, -0.1) is 0 Å². The maximum absolute atomic E-state index is 12.5. The highest BCUT2D eigenvalue weighted by Crippen LogP contribution is 2.27. The number of hydrogen-bond donors (Lipinski definition) is 1. The van der Waals surface area contributed by atoms with Gasteiger partial charge in [-0.1, -0.05) is 52.3 Å². The molecule has 0 spiro atoms. The summed E-state index contributed by atoms with van der Waals surface area (Å²) in [6.07, 6.45) is -3.46. The molecule has 1 fully saturated rings. The molecular formula is C20H19BrO6. The minimum absolute atomic E-state index is 0.00874. The Bertz CT molecular complexity index is 767. The predicted octanol–water partition coefficient (Wildman–Crippen LogP) is 2.94. The number of rotatable bonds is 5. The summed E-state index contributed by atoms with van der Waals surface area (Å²) >= 11 is 3.30. The van der Waals surface area contributed by atoms with Crippen molar-refractivity contribution < 1.29 is 28.9 Å². The first-order valence-corrected chi connectivity index (χ1v) is 9.62. The highest BCUT2D eigenvalue weighted by molar-refractivity contribution is 9.09. The summed E-state index contributed by atoms with van der Waals surface area (Å²) in [4.78, 5) is 24.9. The van der Waals surface area contributed by atoms with Crippen molar-refractivity contribution in [2.24, 2.45) is 0 Å². The van der Waals surface area contributed by atoms with Crippen LogP contribution in [0.15, 0.2) is 60.7 Å². The molecule has 1 saturated heterocycles. The highest BCUT2D eigenvalue weighted by Gasteiger charge is 2.43. The maximum Gasteiger partial charge on any atom is 0.338 e. The first-order valence-electron chi connectivity index (χ1n) is 8.50. The van der Waals surface area contributed by atoms with Crippen molar-refractivity contribution in [1.82, 2.24) is 0 Å². The number of alkyl halides is 1. The van der Waals surface area contributed by atoms with Crippen LogP contribution in [0.3, 0.4) is 0 Å². The number of carbonyl (C=O) groups is 2. The lowest BCUT2D eigenvalue weighted by Crippen LogP contribution is -2.52. The summed E-state index contributed by atoms with van der Waals surface area (Å²) in [7, 11) is 0. The van der Waals surface area contributed by atoms with E-state index in [0.717, 1.165) is 0 Å². The highest BCUT2D eigenvalue weighted by atomic mass is 79.9. The smallest absolute Gasteiger partial charge is 0.338 e. The number of hydrogen-bond acceptors (Lipinski definition) is 6. The Kier molecular flexibility index (Phi) is 6.60. The molecule has 2 aromatic carbocycles. The second kappa shape index (κ2) is 9.12. The van der Waals surface area contributed by atoms with E-state index in [2.05, 4.69) is 15.9 Å². The van der Waals surface area contributed by atoms with Crippen LogP contribution < -0.4 is 0 Å². The molecule has 3 rings (SSSR count). The van der Waals surface area contributed by atoms with Crippen LogP contribution in [-0.4, -0.2) is 47.0 Å². The molecule has 0 aromatic heterocycles. The van der Waals surface area contributed by atoms with Gasteiger partial charge in [0, 0.05) is 11.8 Å². The van der Waals surface area contributed by atoms with Crippen LogP contribution in [0, 0.1) is 0 Å². The molecule has 7 heteroatoms. The molecule has 1 aliphatic rings. The number of esters is 2. The summed E-state index contributed by atoms with van der Waals surface area (Å²) in [5.41, 5.74) is 0.757. The van der Waals surface area contributed by atoms with E-state index in [1.807, 2.05) is 0 Å². The van der Waals surface area contributed by atoms with Gasteiger partial charge in [-0.05, 0) is 24.3 Å². The van der Waals surface area contributed by atoms with Gasteiger partial charge in [-0.25, -0.2) is 9.59 Å². The van der Waals surface area contributed by atoms with Gasteiger partial charge in [0.05, 0.1) is 11.1 Å². The van der Waals surface area contributed by atoms with Gasteiger partial charge in [0.1, 0.15) is 12.2 Å². The van der Waals surface area contributed by atoms with E-state index in [1.54, 1.807) is 60.7 Å². The van der Waals surface area contributed by atoms with Gasteiger partial charge < -0.3 is 19.3 Å². The Balaban J connectivity index is 1.77. The van der Waals surface area contributed by atoms with Crippen molar-refractivity contribution >= 4 is 27.9 Å². The number of ether oxygens (including phenoxy) is 3. The average molecular weight is 435 g/mol. The number of halogens is 1. The number of aliphatic hydroxyl groups is 1. The minimum Gasteiger partial charge on any atom is -0.455 e. The van der Waals surface area contributed by atoms with E-state index >= 15 is 0 Å². The summed E-state index contributed by atoms with van der Waals surface area (Å²) in [5, 5.41) is 10.3. The van der Waals surface area contributed by atoms with Crippen LogP contribution in [0.1, 0.15) is 27.1 Å². The molecule has 0 radical (unpaired) electrons. The maximum atomic E-state index is 12.5. The Hall–Kier alpha value is -2.22. The lowest BCUT2D eigenvalue weighted by atomic mass is 10.0. The van der Waals surface area contributed by atoms with Crippen molar-refractivity contribution in [3.8, 4) is 0 Å². The van der Waals surface area contributed by atoms with Crippen molar-refractivity contribution in [3.63, 3.8) is 0 Å². The van der Waals surface area contributed by atoms with Crippen molar-refractivity contribution in [2.75, 3.05) is 5.33 Å². The summed E-state index contributed by atoms with van der Waals surface area (Å²) < 4.78 is 16.6. The fourth-order valence-electron chi connectivity index (χ4n) is 2.84. The summed E-state index contributed by atoms with van der Waals surface area (Å²) in [5.74, 6) is -1.10. The molecule has 6 nitrogen and oxygen atoms in total. The van der Waals surface area contributed by atoms with Crippen LogP contribution >= 0.6 is 15.9 Å². The first kappa shape index (κ1) is 19.5. The fourth-order valence-corrected chi connectivity index (χ4v) is 3.36. The quantitative estimate of drug-likeness (QED) is 0.575. The number of benzene rings is 2. The van der Waals surface area contributed by atoms with E-state index in [9.17, 15) is 14.7 Å². The average Bonchev–Trinajstić information content (AvgIpc) is 2.70. The second-order valence-corrected chi connectivity index (χ2v) is 6.71. The van der Waals surface area contributed by atoms with E-state index < -0.39 is 36.5 Å². The van der Waals surface area contributed by atoms with Crippen molar-refractivity contribution in [3.05, 3.63) is 71.8 Å². The Morgan fingerprint density at radius 2 is 1.48 bits per heavy atom. The molecule has 4 atom stereocenters. The van der Waals surface area contributed by atoms with E-state index in [4.69, 9.17) is 14.2 Å². The van der Waals surface area contributed by atoms with Crippen LogP contribution in [0.4, 0.5) is 0 Å². The summed E-state index contributed by atoms with van der Waals surface area (Å²) in [6.45, 7) is 0. The normalized spacial score (nSPS) is 24.8. The monoisotopic (exact) mass is 434 g/mol. The third-order valence-electron chi connectivity index (χ3n) is 4.17. The van der Waals surface area contributed by atoms with E-state index in [0.29, 0.717) is 16.5 Å². The molecule has 0 unspecified atom stereocenters. The molecule has 142 valence electrons. The molecule has 0 aliphatic carbocycles. The largest absolute Gasteiger partial charge is 0.455 e. The lowest BCUT2D eigenvalue weighted by molar-refractivity contribution is -0.225. The standard InChI is InChI=1S/C20H19BrO6/c21-12-16-18(27-20(24)14-9-5-2-6-10-14)15(11-17(22)25-16)26-19(23)13-7-3-1-4-8-13/h1-10,15-18,22H,11-12H2/t15-,16-,17+,18-/m0/s1. The zero-order valence-electron chi connectivity index (χ0n) is 14.4. The number of aliphatic hydroxyl groups excluding tert-OH is 1. The van der Waals surface area contributed by atoms with E-state index in [-0.39, 0.29) is 6.42 Å². The SMILES string of the molecule is O=C(O[C@H]1[C@@H](OC(=O)c2ccccc2)C[C@H](O)O[C@H]1CBr)c1ccccc1. The van der Waals surface area contributed by atoms with Crippen LogP contribution in [0.25, 0.3) is 0 Å². The van der Waals surface area contributed by atoms with Gasteiger partial charge in [0.2, 0.25) is 0 Å². The van der Waals surface area contributed by atoms with E-state index in [1.165, 1.54) is 0 Å². The second-order valence-electron chi connectivity index (χ2n) is 6.06. The molecule has 0 bridgehead atoms. The third-order valence-corrected chi connectivity index (χ3v) is 4.81. The molecule has 1 heterocycles. The lowest BCUT2D eigenvalue weighted by Gasteiger charge is -2.38. The zero-order chi connectivity index (χ0) is 19.2. The summed E-state index contributed by atoms with van der Waals surface area (Å²) in [6, 6.07) is 17.0. The van der Waals surface area contributed by atoms with Crippen LogP contribution in [0.5, 0.6) is 0 Å². The van der Waals surface area contributed by atoms with Gasteiger partial charge >= 0.3 is 11.9 Å². The molecular weight excluding hydrogens is 416 g/mol. The Morgan fingerprint density at radius 1 is 0.963 bits per heavy atom. The molecule has 1 N–H and O–H groups in total. The minimum atomic E-state index is -1.12. The van der Waals surface area contributed by atoms with Gasteiger partial charge in [0.15, 0.2) is 12.4 Å². The topological polar surface area (TPSA) is 82.1 Å². The molecule has 1 aliphatic heterocycles. The van der Waals surface area contributed by atoms with Gasteiger partial charge in [-0.2, -0.15) is 0 Å². The Morgan fingerprint density at radius 3 is 2.00 bits per heavy atom. The first-order chi connectivity index (χ1) is 13.1. The molecule has 0 saturated carbocycles. The zero-order valence-corrected chi connectivity index (χ0v) is 15.9. The van der Waals surface area contributed by atoms with Crippen LogP contribution in [-0.2, 0) is 14.2 Å². The number of carbonyl (C=O) groups excluding carboxylic acids is 2. The van der Waals surface area contributed by atoms with Crippen LogP contribution in [0.2, 0.25) is 0 Å². The van der Waals surface area contributed by atoms with Gasteiger partial charge in [-0.3, -0.25) is 0 Å².